The van der Waals surface area contributed by atoms with Crippen molar-refractivity contribution >= 4 is 29.1 Å². The molecule has 1 aliphatic heterocycles. The summed E-state index contributed by atoms with van der Waals surface area (Å²) in [5.41, 5.74) is 1.30. The molecule has 0 aromatic heterocycles. The van der Waals surface area contributed by atoms with E-state index in [1.807, 2.05) is 6.92 Å². The minimum absolute atomic E-state index is 0.0237. The summed E-state index contributed by atoms with van der Waals surface area (Å²) in [7, 11) is 0. The summed E-state index contributed by atoms with van der Waals surface area (Å²) < 4.78 is 0. The maximum atomic E-state index is 12.4. The molecule has 0 spiro atoms. The Kier molecular flexibility index (Phi) is 6.94. The average Bonchev–Trinajstić information content (AvgIpc) is 3.06. The molecule has 0 unspecified atom stereocenters. The number of likely N-dealkylation sites (N-methyl/N-ethyl adjacent to an activating group) is 1. The first kappa shape index (κ1) is 18.9. The molecule has 1 fully saturated rings. The van der Waals surface area contributed by atoms with Gasteiger partial charge < -0.3 is 20.4 Å². The molecule has 7 heteroatoms. The first-order valence-corrected chi connectivity index (χ1v) is 8.76. The smallest absolute Gasteiger partial charge is 0.278 e. The van der Waals surface area contributed by atoms with Gasteiger partial charge >= 0.3 is 0 Å². The number of nitrogens with one attached hydrogen (secondary N) is 3. The van der Waals surface area contributed by atoms with Gasteiger partial charge in [-0.3, -0.25) is 14.4 Å². The third-order valence-electron chi connectivity index (χ3n) is 4.27. The van der Waals surface area contributed by atoms with Crippen molar-refractivity contribution < 1.29 is 19.3 Å². The summed E-state index contributed by atoms with van der Waals surface area (Å²) in [6, 6.07) is 6.87. The highest BCUT2D eigenvalue weighted by Gasteiger charge is 2.23. The van der Waals surface area contributed by atoms with Crippen LogP contribution in [0.1, 0.15) is 26.7 Å². The van der Waals surface area contributed by atoms with Crippen LogP contribution in [0.4, 0.5) is 11.4 Å². The van der Waals surface area contributed by atoms with Crippen LogP contribution in [0.5, 0.6) is 0 Å². The van der Waals surface area contributed by atoms with Crippen LogP contribution in [0.2, 0.25) is 0 Å². The Morgan fingerprint density at radius 2 is 1.60 bits per heavy atom. The molecule has 0 atom stereocenters. The van der Waals surface area contributed by atoms with Crippen molar-refractivity contribution in [3.05, 3.63) is 24.3 Å². The topological polar surface area (TPSA) is 83.0 Å². The monoisotopic (exact) mass is 347 g/mol. The van der Waals surface area contributed by atoms with Crippen LogP contribution in [0, 0.1) is 0 Å². The molecule has 1 heterocycles. The van der Waals surface area contributed by atoms with Gasteiger partial charge in [-0.15, -0.1) is 0 Å². The Bertz CT molecular complexity index is 609. The minimum atomic E-state index is -0.223. The van der Waals surface area contributed by atoms with Crippen LogP contribution in [-0.2, 0) is 14.4 Å². The van der Waals surface area contributed by atoms with E-state index in [1.165, 1.54) is 24.7 Å². The average molecular weight is 347 g/mol. The molecule has 3 N–H and O–H groups in total. The molecular formula is C18H27N4O3+. The van der Waals surface area contributed by atoms with Gasteiger partial charge in [0.1, 0.15) is 6.54 Å². The summed E-state index contributed by atoms with van der Waals surface area (Å²) in [4.78, 5) is 38.4. The van der Waals surface area contributed by atoms with E-state index in [-0.39, 0.29) is 24.3 Å². The molecular weight excluding hydrogens is 320 g/mol. The van der Waals surface area contributed by atoms with Crippen LogP contribution in [0.3, 0.4) is 0 Å². The molecule has 0 aliphatic carbocycles. The maximum absolute atomic E-state index is 12.4. The van der Waals surface area contributed by atoms with Gasteiger partial charge in [0.15, 0.2) is 6.54 Å². The van der Waals surface area contributed by atoms with E-state index < -0.39 is 0 Å². The summed E-state index contributed by atoms with van der Waals surface area (Å²) >= 11 is 0. The molecule has 25 heavy (non-hydrogen) atoms. The van der Waals surface area contributed by atoms with Gasteiger partial charge in [0, 0.05) is 37.7 Å². The number of carbonyl (C=O) groups excluding carboxylic acids is 3. The fourth-order valence-corrected chi connectivity index (χ4v) is 2.97. The molecule has 1 aromatic rings. The molecule has 136 valence electrons. The lowest BCUT2D eigenvalue weighted by molar-refractivity contribution is -0.879. The van der Waals surface area contributed by atoms with Crippen LogP contribution in [0.15, 0.2) is 24.3 Å². The standard InChI is InChI=1S/C18H26N4O3/c1-3-22(18(25)13-21-10-4-5-11-21)12-17(24)20-16-8-6-15(7-9-16)19-14(2)23/h6-9H,3-5,10-13H2,1-2H3,(H,19,23)(H,20,24)/p+1. The molecule has 1 aromatic carbocycles. The summed E-state index contributed by atoms with van der Waals surface area (Å²) in [6.45, 7) is 6.43. The number of carbonyl (C=O) groups is 3. The van der Waals surface area contributed by atoms with Gasteiger partial charge in [0.2, 0.25) is 11.8 Å². The molecule has 7 nitrogen and oxygen atoms in total. The number of anilines is 2. The minimum Gasteiger partial charge on any atom is -0.329 e. The van der Waals surface area contributed by atoms with E-state index in [2.05, 4.69) is 10.6 Å². The Balaban J connectivity index is 1.84. The molecule has 0 radical (unpaired) electrons. The van der Waals surface area contributed by atoms with Gasteiger partial charge in [-0.2, -0.15) is 0 Å². The summed E-state index contributed by atoms with van der Waals surface area (Å²) in [5, 5.41) is 5.45. The molecule has 2 rings (SSSR count). The summed E-state index contributed by atoms with van der Waals surface area (Å²) in [5.74, 6) is -0.344. The number of benzene rings is 1. The van der Waals surface area contributed by atoms with Crippen molar-refractivity contribution in [2.24, 2.45) is 0 Å². The highest BCUT2D eigenvalue weighted by Crippen LogP contribution is 2.13. The predicted octanol–water partition coefficient (Wildman–Crippen LogP) is 0.111. The second kappa shape index (κ2) is 9.17. The van der Waals surface area contributed by atoms with Crippen LogP contribution in [0.25, 0.3) is 0 Å². The summed E-state index contributed by atoms with van der Waals surface area (Å²) in [6.07, 6.45) is 2.34. The van der Waals surface area contributed by atoms with E-state index in [9.17, 15) is 14.4 Å². The first-order valence-electron chi connectivity index (χ1n) is 8.76. The van der Waals surface area contributed by atoms with E-state index in [0.29, 0.717) is 24.5 Å². The van der Waals surface area contributed by atoms with Crippen molar-refractivity contribution in [2.75, 3.05) is 43.4 Å². The number of quaternary nitrogens is 1. The molecule has 0 bridgehead atoms. The lowest BCUT2D eigenvalue weighted by Gasteiger charge is -2.22. The lowest BCUT2D eigenvalue weighted by Crippen LogP contribution is -3.11. The van der Waals surface area contributed by atoms with E-state index in [0.717, 1.165) is 13.1 Å². The quantitative estimate of drug-likeness (QED) is 0.655. The number of likely N-dealkylation sites (tertiary alicyclic amines) is 1. The number of nitrogens with zero attached hydrogens (tertiary/aromatic N) is 1. The zero-order chi connectivity index (χ0) is 18.2. The third kappa shape index (κ3) is 6.19. The van der Waals surface area contributed by atoms with Gasteiger partial charge in [-0.1, -0.05) is 0 Å². The fraction of sp³-hybridized carbons (Fsp3) is 0.500. The Morgan fingerprint density at radius 1 is 1.04 bits per heavy atom. The van der Waals surface area contributed by atoms with E-state index >= 15 is 0 Å². The van der Waals surface area contributed by atoms with Crippen molar-refractivity contribution in [1.29, 1.82) is 0 Å². The lowest BCUT2D eigenvalue weighted by atomic mass is 10.2. The van der Waals surface area contributed by atoms with Crippen molar-refractivity contribution in [3.8, 4) is 0 Å². The second-order valence-corrected chi connectivity index (χ2v) is 6.35. The molecule has 0 saturated carbocycles. The predicted molar refractivity (Wildman–Crippen MR) is 96.4 cm³/mol. The number of amides is 3. The first-order chi connectivity index (χ1) is 12.0. The normalized spacial score (nSPS) is 14.2. The molecule has 3 amide bonds. The largest absolute Gasteiger partial charge is 0.329 e. The Hall–Kier alpha value is -2.41. The highest BCUT2D eigenvalue weighted by molar-refractivity contribution is 5.95. The van der Waals surface area contributed by atoms with Crippen molar-refractivity contribution in [2.45, 2.75) is 26.7 Å². The van der Waals surface area contributed by atoms with E-state index in [1.54, 1.807) is 29.2 Å². The van der Waals surface area contributed by atoms with Crippen molar-refractivity contribution in [1.82, 2.24) is 4.90 Å². The van der Waals surface area contributed by atoms with E-state index in [4.69, 9.17) is 0 Å². The Labute approximate surface area is 148 Å². The number of hydrogen-bond donors (Lipinski definition) is 3. The van der Waals surface area contributed by atoms with Gasteiger partial charge in [0.25, 0.3) is 5.91 Å². The molecule has 1 aliphatic rings. The van der Waals surface area contributed by atoms with Gasteiger partial charge in [-0.25, -0.2) is 0 Å². The van der Waals surface area contributed by atoms with Gasteiger partial charge in [0.05, 0.1) is 13.1 Å². The van der Waals surface area contributed by atoms with Crippen LogP contribution in [-0.4, -0.2) is 55.3 Å². The zero-order valence-electron chi connectivity index (χ0n) is 14.9. The van der Waals surface area contributed by atoms with Crippen molar-refractivity contribution in [3.63, 3.8) is 0 Å². The SMILES string of the molecule is CCN(CC(=O)Nc1ccc(NC(C)=O)cc1)C(=O)C[NH+]1CCCC1. The number of hydrogen-bond acceptors (Lipinski definition) is 3. The zero-order valence-corrected chi connectivity index (χ0v) is 14.9. The van der Waals surface area contributed by atoms with Crippen LogP contribution < -0.4 is 15.5 Å². The fourth-order valence-electron chi connectivity index (χ4n) is 2.97. The highest BCUT2D eigenvalue weighted by atomic mass is 16.2. The molecule has 1 saturated heterocycles. The maximum Gasteiger partial charge on any atom is 0.278 e. The number of rotatable bonds is 7. The Morgan fingerprint density at radius 3 is 2.12 bits per heavy atom. The third-order valence-corrected chi connectivity index (χ3v) is 4.27. The second-order valence-electron chi connectivity index (χ2n) is 6.35. The van der Waals surface area contributed by atoms with Crippen LogP contribution >= 0.6 is 0 Å². The van der Waals surface area contributed by atoms with Gasteiger partial charge in [-0.05, 0) is 31.2 Å².